The summed E-state index contributed by atoms with van der Waals surface area (Å²) in [7, 11) is 0. The van der Waals surface area contributed by atoms with Gasteiger partial charge >= 0.3 is 41.9 Å². The summed E-state index contributed by atoms with van der Waals surface area (Å²) in [5, 5.41) is 0.897. The van der Waals surface area contributed by atoms with Crippen molar-refractivity contribution in [3.8, 4) is 0 Å². The van der Waals surface area contributed by atoms with E-state index < -0.39 is 0 Å². The maximum Gasteiger partial charge on any atom is 1.00 e. The molecule has 0 aliphatic carbocycles. The van der Waals surface area contributed by atoms with Crippen LogP contribution < -0.4 is 29.6 Å². The van der Waals surface area contributed by atoms with Crippen LogP contribution in [0.1, 0.15) is 26.7 Å². The molecule has 0 aliphatic rings. The Balaban J connectivity index is -0.0000000895. The van der Waals surface area contributed by atoms with Gasteiger partial charge in [-0.05, 0) is 12.8 Å². The first-order valence-electron chi connectivity index (χ1n) is 7.69. The molecule has 0 saturated heterocycles. The molecule has 0 bridgehead atoms. The molecule has 2 aromatic heterocycles. The predicted molar refractivity (Wildman–Crippen MR) is 106 cm³/mol. The third-order valence-electron chi connectivity index (χ3n) is 2.40. The molecule has 2 rings (SSSR count). The predicted octanol–water partition coefficient (Wildman–Crippen LogP) is 0.226. The first kappa shape index (κ1) is 34.7. The van der Waals surface area contributed by atoms with Crippen molar-refractivity contribution in [1.29, 1.82) is 0 Å². The zero-order valence-corrected chi connectivity index (χ0v) is 21.3. The molecule has 0 aromatic carbocycles. The van der Waals surface area contributed by atoms with E-state index >= 15 is 0 Å². The number of nitrogens with zero attached hydrogens (tertiary/aromatic N) is 3. The average Bonchev–Trinajstić information content (AvgIpc) is 3.36. The summed E-state index contributed by atoms with van der Waals surface area (Å²) in [6.07, 6.45) is 9.91. The van der Waals surface area contributed by atoms with Crippen molar-refractivity contribution in [3.05, 3.63) is 36.4 Å². The Morgan fingerprint density at radius 3 is 1.93 bits per heavy atom. The number of nitrogens with one attached hydrogen (secondary N) is 1. The van der Waals surface area contributed by atoms with Gasteiger partial charge in [0.05, 0.1) is 18.3 Å². The van der Waals surface area contributed by atoms with Crippen LogP contribution in [0.15, 0.2) is 25.0 Å². The Kier molecular flexibility index (Phi) is 38.4. The maximum absolute atomic E-state index is 8.12. The Hall–Kier alpha value is -0.760. The van der Waals surface area contributed by atoms with Gasteiger partial charge in [-0.2, -0.15) is 19.2 Å². The van der Waals surface area contributed by atoms with Gasteiger partial charge in [0.1, 0.15) is 0 Å². The molecular formula is C16H24BrCl2N4NaO4. The van der Waals surface area contributed by atoms with E-state index in [0.29, 0.717) is 11.8 Å². The normalized spacial score (nSPS) is 7.61. The Bertz CT molecular complexity index is 596. The van der Waals surface area contributed by atoms with E-state index in [4.69, 9.17) is 42.4 Å². The second-order valence-electron chi connectivity index (χ2n) is 4.12. The van der Waals surface area contributed by atoms with Gasteiger partial charge in [-0.25, -0.2) is 9.97 Å². The number of halogens is 3. The molecule has 12 heteroatoms. The minimum atomic E-state index is 0. The van der Waals surface area contributed by atoms with Gasteiger partial charge in [0, 0.05) is 41.7 Å². The fourth-order valence-corrected chi connectivity index (χ4v) is 1.48. The van der Waals surface area contributed by atoms with Crippen LogP contribution >= 0.6 is 39.1 Å². The van der Waals surface area contributed by atoms with Crippen LogP contribution in [0, 0.1) is 0 Å². The van der Waals surface area contributed by atoms with E-state index in [1.165, 1.54) is 5.69 Å². The van der Waals surface area contributed by atoms with Gasteiger partial charge in [0.15, 0.2) is 0 Å². The first-order chi connectivity index (χ1) is 13.0. The number of aryl methyl sites for hydroxylation is 3. The standard InChI is InChI=1S/C7H11ClN2.C5H8N2.C2H4BrCl.2CO2.Na.H/c1-2-7-5-10(4-3-8)6-9-7;1-2-5-3-6-4-7-5;3-1-2-4;2*2-1-3;;/h5-6H,2-4H2,1H3;3-4H,2H2,1H3,(H,6,7);1-2H2;;;;/q;;;;;+1;-1. The summed E-state index contributed by atoms with van der Waals surface area (Å²) in [6, 6.07) is 0. The van der Waals surface area contributed by atoms with Gasteiger partial charge in [-0.3, -0.25) is 0 Å². The van der Waals surface area contributed by atoms with Gasteiger partial charge in [0.25, 0.3) is 0 Å². The zero-order chi connectivity index (χ0) is 21.3. The van der Waals surface area contributed by atoms with Crippen molar-refractivity contribution in [1.82, 2.24) is 19.5 Å². The molecule has 0 unspecified atom stereocenters. The molecule has 0 fully saturated rings. The van der Waals surface area contributed by atoms with Crippen molar-refractivity contribution >= 4 is 51.4 Å². The van der Waals surface area contributed by atoms with Crippen molar-refractivity contribution in [2.45, 2.75) is 33.2 Å². The van der Waals surface area contributed by atoms with Crippen LogP contribution in [0.25, 0.3) is 0 Å². The molecule has 2 heterocycles. The molecular weight excluding hydrogens is 486 g/mol. The summed E-state index contributed by atoms with van der Waals surface area (Å²) in [6.45, 7) is 5.04. The van der Waals surface area contributed by atoms with Crippen molar-refractivity contribution in [3.63, 3.8) is 0 Å². The van der Waals surface area contributed by atoms with E-state index in [0.717, 1.165) is 30.4 Å². The number of H-pyrrole nitrogens is 1. The van der Waals surface area contributed by atoms with E-state index in [2.05, 4.69) is 44.7 Å². The average molecular weight is 510 g/mol. The minimum absolute atomic E-state index is 0. The number of aromatic nitrogens is 4. The van der Waals surface area contributed by atoms with Crippen LogP contribution in [-0.2, 0) is 38.6 Å². The quantitative estimate of drug-likeness (QED) is 0.455. The molecule has 0 atom stereocenters. The Morgan fingerprint density at radius 2 is 1.68 bits per heavy atom. The molecule has 0 spiro atoms. The van der Waals surface area contributed by atoms with Gasteiger partial charge in [-0.15, -0.1) is 23.2 Å². The van der Waals surface area contributed by atoms with Crippen LogP contribution in [0.5, 0.6) is 0 Å². The number of aromatic amines is 1. The first-order valence-corrected chi connectivity index (χ1v) is 9.88. The van der Waals surface area contributed by atoms with Crippen LogP contribution in [0.2, 0.25) is 0 Å². The summed E-state index contributed by atoms with van der Waals surface area (Å²) in [5.41, 5.74) is 2.32. The van der Waals surface area contributed by atoms with Crippen molar-refractivity contribution in [2.24, 2.45) is 0 Å². The third kappa shape index (κ3) is 27.5. The Labute approximate surface area is 206 Å². The number of hydrogen-bond acceptors (Lipinski definition) is 6. The van der Waals surface area contributed by atoms with Crippen molar-refractivity contribution < 1.29 is 50.2 Å². The van der Waals surface area contributed by atoms with E-state index in [9.17, 15) is 0 Å². The number of carbonyl (C=O) groups excluding carboxylic acids is 4. The number of alkyl halides is 3. The molecule has 0 amide bonds. The van der Waals surface area contributed by atoms with Crippen LogP contribution in [-0.4, -0.2) is 48.9 Å². The van der Waals surface area contributed by atoms with Gasteiger partial charge < -0.3 is 11.0 Å². The second kappa shape index (κ2) is 31.0. The van der Waals surface area contributed by atoms with E-state index in [-0.39, 0.29) is 43.3 Å². The SMILES string of the molecule is CCc1cn(CCCl)cn1.CCc1cnc[nH]1.ClCCBr.O=C=O.O=C=O.[H-].[Na+]. The molecule has 28 heavy (non-hydrogen) atoms. The number of imidazole rings is 2. The topological polar surface area (TPSA) is 115 Å². The minimum Gasteiger partial charge on any atom is -1.00 e. The maximum atomic E-state index is 8.12. The second-order valence-corrected chi connectivity index (χ2v) is 5.67. The van der Waals surface area contributed by atoms with Crippen molar-refractivity contribution in [2.75, 3.05) is 17.1 Å². The molecule has 0 radical (unpaired) electrons. The molecule has 0 saturated carbocycles. The van der Waals surface area contributed by atoms with Gasteiger partial charge in [0.2, 0.25) is 0 Å². The molecule has 8 nitrogen and oxygen atoms in total. The van der Waals surface area contributed by atoms with Crippen LogP contribution in [0.3, 0.4) is 0 Å². The fourth-order valence-electron chi connectivity index (χ4n) is 1.29. The summed E-state index contributed by atoms with van der Waals surface area (Å²) >= 11 is 13.8. The third-order valence-corrected chi connectivity index (χ3v) is 3.61. The molecule has 2 aromatic rings. The summed E-state index contributed by atoms with van der Waals surface area (Å²) < 4.78 is 2.01. The largest absolute Gasteiger partial charge is 1.00 e. The van der Waals surface area contributed by atoms with E-state index in [1.807, 2.05) is 23.3 Å². The molecule has 154 valence electrons. The Morgan fingerprint density at radius 1 is 1.14 bits per heavy atom. The summed E-state index contributed by atoms with van der Waals surface area (Å²) in [5.74, 6) is 1.36. The van der Waals surface area contributed by atoms with Crippen LogP contribution in [0.4, 0.5) is 0 Å². The van der Waals surface area contributed by atoms with Gasteiger partial charge in [-0.1, -0.05) is 29.8 Å². The number of rotatable bonds is 5. The number of hydrogen-bond donors (Lipinski definition) is 1. The smallest absolute Gasteiger partial charge is 1.00 e. The molecule has 1 N–H and O–H groups in total. The summed E-state index contributed by atoms with van der Waals surface area (Å²) in [4.78, 5) is 43.5. The molecule has 0 aliphatic heterocycles. The fraction of sp³-hybridized carbons (Fsp3) is 0.500. The monoisotopic (exact) mass is 508 g/mol. The zero-order valence-electron chi connectivity index (χ0n) is 17.2. The van der Waals surface area contributed by atoms with E-state index in [1.54, 1.807) is 6.33 Å².